The second-order valence-electron chi connectivity index (χ2n) is 6.38. The van der Waals surface area contributed by atoms with Crippen molar-refractivity contribution in [2.45, 2.75) is 6.42 Å². The molecule has 0 radical (unpaired) electrons. The third-order valence-corrected chi connectivity index (χ3v) is 5.21. The molecule has 1 aliphatic heterocycles. The van der Waals surface area contributed by atoms with Gasteiger partial charge in [0.15, 0.2) is 5.82 Å². The summed E-state index contributed by atoms with van der Waals surface area (Å²) in [4.78, 5) is 29.5. The van der Waals surface area contributed by atoms with Crippen LogP contribution in [0.3, 0.4) is 0 Å². The molecule has 2 aromatic heterocycles. The van der Waals surface area contributed by atoms with E-state index in [0.29, 0.717) is 31.9 Å². The van der Waals surface area contributed by atoms with Crippen LogP contribution in [0.2, 0.25) is 0 Å². The Morgan fingerprint density at radius 1 is 1.04 bits per heavy atom. The Labute approximate surface area is 167 Å². The van der Waals surface area contributed by atoms with E-state index in [-0.39, 0.29) is 5.91 Å². The number of hydrogen-bond acceptors (Lipinski definition) is 8. The normalized spacial score (nSPS) is 14.1. The quantitative estimate of drug-likeness (QED) is 0.684. The SMILES string of the molecule is O=C(CCNc1nc(-c2ccccc2)ns1)N1CCN(c2ncccn2)CC1. The highest BCUT2D eigenvalue weighted by Crippen LogP contribution is 2.20. The summed E-state index contributed by atoms with van der Waals surface area (Å²) < 4.78 is 4.37. The maximum Gasteiger partial charge on any atom is 0.225 e. The zero-order valence-corrected chi connectivity index (χ0v) is 16.2. The Morgan fingerprint density at radius 2 is 1.79 bits per heavy atom. The number of piperazine rings is 1. The number of rotatable bonds is 6. The minimum atomic E-state index is 0.147. The molecule has 1 fully saturated rings. The highest BCUT2D eigenvalue weighted by atomic mass is 32.1. The molecule has 1 saturated heterocycles. The molecule has 9 heteroatoms. The summed E-state index contributed by atoms with van der Waals surface area (Å²) >= 11 is 1.31. The lowest BCUT2D eigenvalue weighted by molar-refractivity contribution is -0.131. The molecule has 1 N–H and O–H groups in total. The molecule has 28 heavy (non-hydrogen) atoms. The Hall–Kier alpha value is -3.07. The first-order valence-corrected chi connectivity index (χ1v) is 10.00. The third kappa shape index (κ3) is 4.42. The van der Waals surface area contributed by atoms with Crippen LogP contribution >= 0.6 is 11.5 Å². The highest BCUT2D eigenvalue weighted by molar-refractivity contribution is 7.09. The van der Waals surface area contributed by atoms with Crippen LogP contribution in [-0.2, 0) is 4.79 Å². The van der Waals surface area contributed by atoms with Crippen molar-refractivity contribution >= 4 is 28.5 Å². The van der Waals surface area contributed by atoms with Crippen LogP contribution in [0.25, 0.3) is 11.4 Å². The number of carbonyl (C=O) groups is 1. The lowest BCUT2D eigenvalue weighted by Crippen LogP contribution is -2.49. The number of amides is 1. The largest absolute Gasteiger partial charge is 0.360 e. The molecule has 0 aliphatic carbocycles. The fourth-order valence-electron chi connectivity index (χ4n) is 3.04. The van der Waals surface area contributed by atoms with Crippen LogP contribution in [0, 0.1) is 0 Å². The summed E-state index contributed by atoms with van der Waals surface area (Å²) in [6, 6.07) is 11.7. The van der Waals surface area contributed by atoms with E-state index in [2.05, 4.69) is 29.5 Å². The third-order valence-electron chi connectivity index (χ3n) is 4.54. The van der Waals surface area contributed by atoms with Gasteiger partial charge in [0.1, 0.15) is 0 Å². The molecule has 0 atom stereocenters. The molecule has 1 aliphatic rings. The highest BCUT2D eigenvalue weighted by Gasteiger charge is 2.22. The van der Waals surface area contributed by atoms with E-state index in [0.717, 1.165) is 29.7 Å². The van der Waals surface area contributed by atoms with Gasteiger partial charge in [-0.05, 0) is 6.07 Å². The Kier molecular flexibility index (Phi) is 5.72. The van der Waals surface area contributed by atoms with Crippen molar-refractivity contribution in [1.82, 2.24) is 24.2 Å². The number of hydrogen-bond donors (Lipinski definition) is 1. The zero-order valence-electron chi connectivity index (χ0n) is 15.4. The van der Waals surface area contributed by atoms with Gasteiger partial charge in [-0.1, -0.05) is 30.3 Å². The molecule has 0 unspecified atom stereocenters. The van der Waals surface area contributed by atoms with Gasteiger partial charge in [0.2, 0.25) is 17.0 Å². The molecule has 0 saturated carbocycles. The van der Waals surface area contributed by atoms with Crippen LogP contribution in [-0.4, -0.2) is 62.9 Å². The molecule has 0 bridgehead atoms. The van der Waals surface area contributed by atoms with Gasteiger partial charge in [0, 0.05) is 68.6 Å². The van der Waals surface area contributed by atoms with E-state index in [1.807, 2.05) is 35.2 Å². The van der Waals surface area contributed by atoms with Crippen molar-refractivity contribution in [1.29, 1.82) is 0 Å². The van der Waals surface area contributed by atoms with E-state index in [1.54, 1.807) is 18.5 Å². The summed E-state index contributed by atoms with van der Waals surface area (Å²) in [5, 5.41) is 3.94. The molecule has 1 aromatic carbocycles. The fourth-order valence-corrected chi connectivity index (χ4v) is 3.66. The molecular formula is C19H21N7OS. The topological polar surface area (TPSA) is 87.1 Å². The first-order chi connectivity index (χ1) is 13.8. The van der Waals surface area contributed by atoms with Gasteiger partial charge in [-0.25, -0.2) is 9.97 Å². The van der Waals surface area contributed by atoms with Gasteiger partial charge < -0.3 is 15.1 Å². The number of carbonyl (C=O) groups excluding carboxylic acids is 1. The molecule has 144 valence electrons. The van der Waals surface area contributed by atoms with E-state index in [4.69, 9.17) is 0 Å². The van der Waals surface area contributed by atoms with E-state index >= 15 is 0 Å². The Morgan fingerprint density at radius 3 is 2.54 bits per heavy atom. The molecule has 4 rings (SSSR count). The summed E-state index contributed by atoms with van der Waals surface area (Å²) in [7, 11) is 0. The van der Waals surface area contributed by atoms with Gasteiger partial charge in [-0.15, -0.1) is 0 Å². The number of aromatic nitrogens is 4. The number of benzene rings is 1. The summed E-state index contributed by atoms with van der Waals surface area (Å²) in [6.45, 7) is 3.42. The van der Waals surface area contributed by atoms with Crippen molar-refractivity contribution in [3.8, 4) is 11.4 Å². The second-order valence-corrected chi connectivity index (χ2v) is 7.13. The molecule has 8 nitrogen and oxygen atoms in total. The smallest absolute Gasteiger partial charge is 0.225 e. The number of anilines is 2. The predicted octanol–water partition coefficient (Wildman–Crippen LogP) is 2.15. The lowest BCUT2D eigenvalue weighted by atomic mass is 10.2. The second kappa shape index (κ2) is 8.75. The van der Waals surface area contributed by atoms with Gasteiger partial charge in [-0.3, -0.25) is 4.79 Å². The van der Waals surface area contributed by atoms with E-state index in [9.17, 15) is 4.79 Å². The molecule has 0 spiro atoms. The van der Waals surface area contributed by atoms with Crippen molar-refractivity contribution in [3.05, 3.63) is 48.8 Å². The van der Waals surface area contributed by atoms with E-state index in [1.165, 1.54) is 11.5 Å². The van der Waals surface area contributed by atoms with Crippen LogP contribution < -0.4 is 10.2 Å². The standard InChI is InChI=1S/C19H21N7OS/c27-16(25-11-13-26(14-12-25)18-20-8-4-9-21-18)7-10-22-19-23-17(24-28-19)15-5-2-1-3-6-15/h1-6,8-9H,7,10-14H2,(H,22,23,24). The average molecular weight is 395 g/mol. The molecular weight excluding hydrogens is 374 g/mol. The number of nitrogens with zero attached hydrogens (tertiary/aromatic N) is 6. The fraction of sp³-hybridized carbons (Fsp3) is 0.316. The van der Waals surface area contributed by atoms with Crippen molar-refractivity contribution in [3.63, 3.8) is 0 Å². The Balaban J connectivity index is 1.22. The Bertz CT molecular complexity index is 895. The first kappa shape index (κ1) is 18.3. The lowest BCUT2D eigenvalue weighted by Gasteiger charge is -2.34. The van der Waals surface area contributed by atoms with Crippen molar-refractivity contribution in [2.24, 2.45) is 0 Å². The predicted molar refractivity (Wildman–Crippen MR) is 109 cm³/mol. The van der Waals surface area contributed by atoms with Crippen LogP contribution in [0.4, 0.5) is 11.1 Å². The molecule has 1 amide bonds. The van der Waals surface area contributed by atoms with Crippen molar-refractivity contribution in [2.75, 3.05) is 42.9 Å². The molecule has 3 aromatic rings. The minimum Gasteiger partial charge on any atom is -0.360 e. The van der Waals surface area contributed by atoms with Gasteiger partial charge in [-0.2, -0.15) is 9.36 Å². The monoisotopic (exact) mass is 395 g/mol. The zero-order chi connectivity index (χ0) is 19.2. The van der Waals surface area contributed by atoms with Crippen LogP contribution in [0.1, 0.15) is 6.42 Å². The van der Waals surface area contributed by atoms with Crippen LogP contribution in [0.15, 0.2) is 48.8 Å². The summed E-state index contributed by atoms with van der Waals surface area (Å²) in [6.07, 6.45) is 3.91. The van der Waals surface area contributed by atoms with Crippen LogP contribution in [0.5, 0.6) is 0 Å². The maximum absolute atomic E-state index is 12.5. The average Bonchev–Trinajstić information content (AvgIpc) is 3.24. The minimum absolute atomic E-state index is 0.147. The first-order valence-electron chi connectivity index (χ1n) is 9.22. The summed E-state index contributed by atoms with van der Waals surface area (Å²) in [5.74, 6) is 1.58. The van der Waals surface area contributed by atoms with Gasteiger partial charge in [0.05, 0.1) is 0 Å². The maximum atomic E-state index is 12.5. The van der Waals surface area contributed by atoms with Gasteiger partial charge in [0.25, 0.3) is 0 Å². The van der Waals surface area contributed by atoms with Crippen molar-refractivity contribution < 1.29 is 4.79 Å². The van der Waals surface area contributed by atoms with E-state index < -0.39 is 0 Å². The molecule has 3 heterocycles. The van der Waals surface area contributed by atoms with Gasteiger partial charge >= 0.3 is 0 Å². The number of nitrogens with one attached hydrogen (secondary N) is 1. The summed E-state index contributed by atoms with van der Waals surface area (Å²) in [5.41, 5.74) is 0.989.